The molecule has 1 aliphatic carbocycles. The Labute approximate surface area is 210 Å². The first-order valence-corrected chi connectivity index (χ1v) is 15.1. The molecule has 0 saturated heterocycles. The topological polar surface area (TPSA) is 3.24 Å². The molecule has 0 unspecified atom stereocenters. The van der Waals surface area contributed by atoms with Gasteiger partial charge in [-0.1, -0.05) is 155 Å². The summed E-state index contributed by atoms with van der Waals surface area (Å²) >= 11 is 0. The average molecular weight is 472 g/mol. The minimum atomic E-state index is 0. The lowest BCUT2D eigenvalue weighted by atomic mass is 9.94. The predicted molar refractivity (Wildman–Crippen MR) is 149 cm³/mol. The SMILES string of the molecule is CCCCCCCCCCCCCCCCCCCCCCN(CC)C1CCCCC1.Cl. The highest BCUT2D eigenvalue weighted by atomic mass is 35.5. The smallest absolute Gasteiger partial charge is 0.00951 e. The minimum Gasteiger partial charge on any atom is -0.301 e. The molecule has 1 nitrogen and oxygen atoms in total. The number of unbranched alkanes of at least 4 members (excludes halogenated alkanes) is 19. The monoisotopic (exact) mass is 471 g/mol. The Balaban J connectivity index is 0.00000961. The highest BCUT2D eigenvalue weighted by Crippen LogP contribution is 2.23. The molecule has 1 saturated carbocycles. The van der Waals surface area contributed by atoms with Gasteiger partial charge in [-0.15, -0.1) is 12.4 Å². The minimum absolute atomic E-state index is 0. The van der Waals surface area contributed by atoms with Crippen LogP contribution in [0.15, 0.2) is 0 Å². The molecular weight excluding hydrogens is 410 g/mol. The largest absolute Gasteiger partial charge is 0.301 e. The van der Waals surface area contributed by atoms with Gasteiger partial charge in [-0.25, -0.2) is 0 Å². The van der Waals surface area contributed by atoms with Crippen LogP contribution in [0.5, 0.6) is 0 Å². The van der Waals surface area contributed by atoms with Crippen LogP contribution in [0.2, 0.25) is 0 Å². The van der Waals surface area contributed by atoms with Gasteiger partial charge in [0.25, 0.3) is 0 Å². The number of halogens is 1. The highest BCUT2D eigenvalue weighted by molar-refractivity contribution is 5.85. The Morgan fingerprint density at radius 2 is 0.812 bits per heavy atom. The molecule has 0 amide bonds. The first-order valence-electron chi connectivity index (χ1n) is 15.1. The molecule has 0 atom stereocenters. The van der Waals surface area contributed by atoms with Crippen molar-refractivity contribution in [1.29, 1.82) is 0 Å². The van der Waals surface area contributed by atoms with Crippen molar-refractivity contribution < 1.29 is 0 Å². The Kier molecular flexibility index (Phi) is 26.1. The van der Waals surface area contributed by atoms with E-state index in [0.29, 0.717) is 0 Å². The van der Waals surface area contributed by atoms with Crippen molar-refractivity contribution >= 4 is 12.4 Å². The van der Waals surface area contributed by atoms with E-state index in [1.54, 1.807) is 0 Å². The first kappa shape index (κ1) is 32.2. The molecule has 0 spiro atoms. The number of hydrogen-bond acceptors (Lipinski definition) is 1. The van der Waals surface area contributed by atoms with E-state index < -0.39 is 0 Å². The van der Waals surface area contributed by atoms with Gasteiger partial charge in [0.05, 0.1) is 0 Å². The molecule has 32 heavy (non-hydrogen) atoms. The maximum atomic E-state index is 2.79. The van der Waals surface area contributed by atoms with Crippen LogP contribution in [0.3, 0.4) is 0 Å². The third-order valence-corrected chi connectivity index (χ3v) is 7.80. The summed E-state index contributed by atoms with van der Waals surface area (Å²) in [5.74, 6) is 0. The molecule has 0 aromatic heterocycles. The fourth-order valence-electron chi connectivity index (χ4n) is 5.62. The van der Waals surface area contributed by atoms with Crippen LogP contribution in [0.25, 0.3) is 0 Å². The van der Waals surface area contributed by atoms with Crippen LogP contribution in [-0.2, 0) is 0 Å². The Morgan fingerprint density at radius 1 is 0.469 bits per heavy atom. The molecule has 0 aliphatic heterocycles. The summed E-state index contributed by atoms with van der Waals surface area (Å²) in [5, 5.41) is 0. The summed E-state index contributed by atoms with van der Waals surface area (Å²) in [6, 6.07) is 0.916. The van der Waals surface area contributed by atoms with Gasteiger partial charge in [0, 0.05) is 6.04 Å². The van der Waals surface area contributed by atoms with Gasteiger partial charge >= 0.3 is 0 Å². The second kappa shape index (κ2) is 25.9. The molecular formula is C30H62ClN. The van der Waals surface area contributed by atoms with Crippen LogP contribution >= 0.6 is 12.4 Å². The maximum absolute atomic E-state index is 2.79. The standard InChI is InChI=1S/C30H61N.ClH/c1-3-5-6-7-8-9-10-11-12-13-14-15-16-17-18-19-20-21-22-26-29-31(4-2)30-27-24-23-25-28-30;/h30H,3-29H2,1-2H3;1H. The van der Waals surface area contributed by atoms with E-state index in [-0.39, 0.29) is 12.4 Å². The van der Waals surface area contributed by atoms with Crippen molar-refractivity contribution in [3.63, 3.8) is 0 Å². The van der Waals surface area contributed by atoms with Crippen LogP contribution in [0, 0.1) is 0 Å². The van der Waals surface area contributed by atoms with Gasteiger partial charge in [-0.05, 0) is 32.4 Å². The van der Waals surface area contributed by atoms with E-state index in [0.717, 1.165) is 6.04 Å². The maximum Gasteiger partial charge on any atom is 0.00951 e. The molecule has 0 N–H and O–H groups in total. The zero-order valence-corrected chi connectivity index (χ0v) is 23.3. The lowest BCUT2D eigenvalue weighted by Crippen LogP contribution is -2.37. The van der Waals surface area contributed by atoms with Gasteiger partial charge in [-0.2, -0.15) is 0 Å². The van der Waals surface area contributed by atoms with Gasteiger partial charge in [-0.3, -0.25) is 0 Å². The van der Waals surface area contributed by atoms with Gasteiger partial charge in [0.15, 0.2) is 0 Å². The second-order valence-electron chi connectivity index (χ2n) is 10.6. The van der Waals surface area contributed by atoms with E-state index in [2.05, 4.69) is 18.7 Å². The number of rotatable bonds is 23. The molecule has 0 aromatic carbocycles. The van der Waals surface area contributed by atoms with Crippen molar-refractivity contribution in [2.24, 2.45) is 0 Å². The molecule has 0 aromatic rings. The third kappa shape index (κ3) is 19.7. The van der Waals surface area contributed by atoms with E-state index in [1.807, 2.05) is 0 Å². The van der Waals surface area contributed by atoms with Crippen molar-refractivity contribution in [3.05, 3.63) is 0 Å². The second-order valence-corrected chi connectivity index (χ2v) is 10.6. The van der Waals surface area contributed by atoms with E-state index in [4.69, 9.17) is 0 Å². The summed E-state index contributed by atoms with van der Waals surface area (Å²) in [6.07, 6.45) is 36.8. The third-order valence-electron chi connectivity index (χ3n) is 7.80. The molecule has 0 radical (unpaired) electrons. The Hall–Kier alpha value is 0.250. The lowest BCUT2D eigenvalue weighted by Gasteiger charge is -2.33. The molecule has 0 bridgehead atoms. The van der Waals surface area contributed by atoms with Crippen molar-refractivity contribution in [1.82, 2.24) is 4.90 Å². The van der Waals surface area contributed by atoms with Crippen LogP contribution in [-0.4, -0.2) is 24.0 Å². The molecule has 1 rings (SSSR count). The Bertz CT molecular complexity index is 340. The zero-order chi connectivity index (χ0) is 22.2. The van der Waals surface area contributed by atoms with E-state index in [1.165, 1.54) is 174 Å². The molecule has 0 heterocycles. The Morgan fingerprint density at radius 3 is 1.16 bits per heavy atom. The summed E-state index contributed by atoms with van der Waals surface area (Å²) in [4.78, 5) is 2.79. The molecule has 194 valence electrons. The number of hydrogen-bond donors (Lipinski definition) is 0. The van der Waals surface area contributed by atoms with Gasteiger partial charge in [0.2, 0.25) is 0 Å². The molecule has 1 fully saturated rings. The molecule has 2 heteroatoms. The van der Waals surface area contributed by atoms with Crippen molar-refractivity contribution in [3.8, 4) is 0 Å². The van der Waals surface area contributed by atoms with Crippen molar-refractivity contribution in [2.45, 2.75) is 180 Å². The average Bonchev–Trinajstić information content (AvgIpc) is 2.81. The van der Waals surface area contributed by atoms with Crippen LogP contribution < -0.4 is 0 Å². The van der Waals surface area contributed by atoms with Gasteiger partial charge < -0.3 is 4.90 Å². The van der Waals surface area contributed by atoms with Crippen LogP contribution in [0.1, 0.15) is 174 Å². The van der Waals surface area contributed by atoms with E-state index in [9.17, 15) is 0 Å². The van der Waals surface area contributed by atoms with Crippen molar-refractivity contribution in [2.75, 3.05) is 13.1 Å². The quantitative estimate of drug-likeness (QED) is 0.134. The first-order chi connectivity index (χ1) is 15.4. The fraction of sp³-hybridized carbons (Fsp3) is 1.00. The predicted octanol–water partition coefficient (Wildman–Crippen LogP) is 10.9. The fourth-order valence-corrected chi connectivity index (χ4v) is 5.62. The van der Waals surface area contributed by atoms with Crippen LogP contribution in [0.4, 0.5) is 0 Å². The summed E-state index contributed by atoms with van der Waals surface area (Å²) < 4.78 is 0. The zero-order valence-electron chi connectivity index (χ0n) is 22.5. The lowest BCUT2D eigenvalue weighted by molar-refractivity contribution is 0.160. The normalized spacial score (nSPS) is 14.7. The van der Waals surface area contributed by atoms with Gasteiger partial charge in [0.1, 0.15) is 0 Å². The number of nitrogens with zero attached hydrogens (tertiary/aromatic N) is 1. The summed E-state index contributed by atoms with van der Waals surface area (Å²) in [5.41, 5.74) is 0. The summed E-state index contributed by atoms with van der Waals surface area (Å²) in [7, 11) is 0. The molecule has 1 aliphatic rings. The van der Waals surface area contributed by atoms with E-state index >= 15 is 0 Å². The highest BCUT2D eigenvalue weighted by Gasteiger charge is 2.18. The summed E-state index contributed by atoms with van der Waals surface area (Å²) in [6.45, 7) is 7.30.